The predicted molar refractivity (Wildman–Crippen MR) is 126 cm³/mol. The standard InChI is InChI=1S/C23H29ClN4O3S/c1-26-13-15-27(16-14-26)20-8-4-18(5-9-20)17-25-23(29)22-3-2-12-28(22)32(30,31)21-10-6-19(24)7-11-21/h4-11,22H,2-3,12-17H2,1H3,(H,25,29)/t22-/m1/s1. The lowest BCUT2D eigenvalue weighted by Crippen LogP contribution is -2.45. The second-order valence-electron chi connectivity index (χ2n) is 8.40. The molecule has 2 saturated heterocycles. The number of nitrogens with zero attached hydrogens (tertiary/aromatic N) is 3. The van der Waals surface area contributed by atoms with Gasteiger partial charge in [-0.15, -0.1) is 0 Å². The number of sulfonamides is 1. The molecule has 2 heterocycles. The predicted octanol–water partition coefficient (Wildman–Crippen LogP) is 2.56. The van der Waals surface area contributed by atoms with Gasteiger partial charge in [0.15, 0.2) is 0 Å². The van der Waals surface area contributed by atoms with E-state index in [1.54, 1.807) is 12.1 Å². The van der Waals surface area contributed by atoms with E-state index in [1.807, 2.05) is 12.1 Å². The number of hydrogen-bond donors (Lipinski definition) is 1. The Morgan fingerprint density at radius 3 is 2.31 bits per heavy atom. The van der Waals surface area contributed by atoms with Gasteiger partial charge in [-0.25, -0.2) is 8.42 Å². The first-order valence-electron chi connectivity index (χ1n) is 10.9. The second-order valence-corrected chi connectivity index (χ2v) is 10.7. The molecule has 0 aromatic heterocycles. The average molecular weight is 477 g/mol. The normalized spacial score (nSPS) is 20.4. The first kappa shape index (κ1) is 23.0. The first-order valence-corrected chi connectivity index (χ1v) is 12.7. The molecule has 7 nitrogen and oxygen atoms in total. The van der Waals surface area contributed by atoms with Gasteiger partial charge in [0, 0.05) is 50.0 Å². The summed E-state index contributed by atoms with van der Waals surface area (Å²) in [6.45, 7) is 4.82. The number of carbonyl (C=O) groups is 1. The van der Waals surface area contributed by atoms with Crippen molar-refractivity contribution in [2.45, 2.75) is 30.3 Å². The first-order chi connectivity index (χ1) is 15.3. The highest BCUT2D eigenvalue weighted by molar-refractivity contribution is 7.89. The van der Waals surface area contributed by atoms with Gasteiger partial charge in [-0.05, 0) is 61.9 Å². The zero-order valence-electron chi connectivity index (χ0n) is 18.2. The molecule has 0 bridgehead atoms. The number of halogens is 1. The van der Waals surface area contributed by atoms with Crippen LogP contribution in [0.25, 0.3) is 0 Å². The number of hydrogen-bond acceptors (Lipinski definition) is 5. The summed E-state index contributed by atoms with van der Waals surface area (Å²) in [6, 6.07) is 13.6. The molecule has 0 spiro atoms. The minimum absolute atomic E-state index is 0.154. The summed E-state index contributed by atoms with van der Waals surface area (Å²) in [5.41, 5.74) is 2.17. The Bertz CT molecular complexity index is 1040. The third kappa shape index (κ3) is 5.09. The summed E-state index contributed by atoms with van der Waals surface area (Å²) in [5, 5.41) is 3.39. The van der Waals surface area contributed by atoms with Crippen LogP contribution in [0.15, 0.2) is 53.4 Å². The Balaban J connectivity index is 1.36. The summed E-state index contributed by atoms with van der Waals surface area (Å²) < 4.78 is 27.4. The summed E-state index contributed by atoms with van der Waals surface area (Å²) >= 11 is 5.88. The molecule has 1 atom stereocenters. The number of nitrogens with one attached hydrogen (secondary N) is 1. The van der Waals surface area contributed by atoms with Crippen LogP contribution in [0.1, 0.15) is 18.4 Å². The minimum Gasteiger partial charge on any atom is -0.369 e. The van der Waals surface area contributed by atoms with Crippen LogP contribution in [-0.4, -0.2) is 69.3 Å². The molecule has 2 aliphatic heterocycles. The fraction of sp³-hybridized carbons (Fsp3) is 0.435. The van der Waals surface area contributed by atoms with Crippen molar-refractivity contribution >= 4 is 33.2 Å². The fourth-order valence-electron chi connectivity index (χ4n) is 4.23. The van der Waals surface area contributed by atoms with Crippen molar-refractivity contribution in [2.24, 2.45) is 0 Å². The molecule has 0 radical (unpaired) electrons. The van der Waals surface area contributed by atoms with E-state index >= 15 is 0 Å². The minimum atomic E-state index is -3.75. The van der Waals surface area contributed by atoms with Gasteiger partial charge in [-0.2, -0.15) is 4.31 Å². The molecule has 0 aliphatic carbocycles. The molecule has 2 fully saturated rings. The van der Waals surface area contributed by atoms with E-state index in [1.165, 1.54) is 22.1 Å². The smallest absolute Gasteiger partial charge is 0.243 e. The topological polar surface area (TPSA) is 73.0 Å². The number of rotatable bonds is 6. The highest BCUT2D eigenvalue weighted by atomic mass is 35.5. The summed E-state index contributed by atoms with van der Waals surface area (Å²) in [5.74, 6) is -0.261. The quantitative estimate of drug-likeness (QED) is 0.693. The van der Waals surface area contributed by atoms with Crippen LogP contribution >= 0.6 is 11.6 Å². The van der Waals surface area contributed by atoms with Crippen LogP contribution in [0.5, 0.6) is 0 Å². The van der Waals surface area contributed by atoms with Crippen molar-refractivity contribution in [1.29, 1.82) is 0 Å². The zero-order valence-corrected chi connectivity index (χ0v) is 19.8. The van der Waals surface area contributed by atoms with E-state index in [2.05, 4.69) is 34.3 Å². The zero-order chi connectivity index (χ0) is 22.7. The maximum absolute atomic E-state index is 13.0. The molecule has 1 amide bonds. The van der Waals surface area contributed by atoms with E-state index in [-0.39, 0.29) is 10.8 Å². The molecule has 1 N–H and O–H groups in total. The van der Waals surface area contributed by atoms with Crippen molar-refractivity contribution in [2.75, 3.05) is 44.7 Å². The Morgan fingerprint density at radius 1 is 1.00 bits per heavy atom. The van der Waals surface area contributed by atoms with Gasteiger partial charge >= 0.3 is 0 Å². The number of anilines is 1. The largest absolute Gasteiger partial charge is 0.369 e. The van der Waals surface area contributed by atoms with Gasteiger partial charge in [0.05, 0.1) is 4.90 Å². The monoisotopic (exact) mass is 476 g/mol. The Kier molecular flexibility index (Phi) is 7.05. The highest BCUT2D eigenvalue weighted by Gasteiger charge is 2.39. The van der Waals surface area contributed by atoms with E-state index < -0.39 is 16.1 Å². The van der Waals surface area contributed by atoms with Crippen molar-refractivity contribution in [3.05, 3.63) is 59.1 Å². The number of benzene rings is 2. The molecule has 2 aromatic rings. The average Bonchev–Trinajstić information content (AvgIpc) is 3.30. The van der Waals surface area contributed by atoms with Crippen molar-refractivity contribution < 1.29 is 13.2 Å². The van der Waals surface area contributed by atoms with Gasteiger partial charge in [0.1, 0.15) is 6.04 Å². The van der Waals surface area contributed by atoms with Crippen molar-refractivity contribution in [3.8, 4) is 0 Å². The van der Waals surface area contributed by atoms with Crippen LogP contribution in [0.3, 0.4) is 0 Å². The maximum Gasteiger partial charge on any atom is 0.243 e. The van der Waals surface area contributed by atoms with Crippen LogP contribution in [0, 0.1) is 0 Å². The molecule has 2 aliphatic rings. The third-order valence-electron chi connectivity index (χ3n) is 6.20. The van der Waals surface area contributed by atoms with E-state index in [0.29, 0.717) is 31.0 Å². The molecule has 0 unspecified atom stereocenters. The van der Waals surface area contributed by atoms with Crippen LogP contribution in [0.4, 0.5) is 5.69 Å². The third-order valence-corrected chi connectivity index (χ3v) is 8.37. The lowest BCUT2D eigenvalue weighted by atomic mass is 10.1. The summed E-state index contributed by atoms with van der Waals surface area (Å²) in [6.07, 6.45) is 1.17. The maximum atomic E-state index is 13.0. The Hall–Kier alpha value is -2.13. The molecule has 2 aromatic carbocycles. The van der Waals surface area contributed by atoms with Crippen LogP contribution < -0.4 is 10.2 Å². The van der Waals surface area contributed by atoms with Gasteiger partial charge < -0.3 is 15.1 Å². The van der Waals surface area contributed by atoms with E-state index in [9.17, 15) is 13.2 Å². The van der Waals surface area contributed by atoms with Crippen molar-refractivity contribution in [1.82, 2.24) is 14.5 Å². The van der Waals surface area contributed by atoms with Gasteiger partial charge in [0.25, 0.3) is 0 Å². The lowest BCUT2D eigenvalue weighted by Gasteiger charge is -2.34. The van der Waals surface area contributed by atoms with Gasteiger partial charge in [0.2, 0.25) is 15.9 Å². The number of carbonyl (C=O) groups excluding carboxylic acids is 1. The number of likely N-dealkylation sites (N-methyl/N-ethyl adjacent to an activating group) is 1. The van der Waals surface area contributed by atoms with E-state index in [0.717, 1.165) is 31.7 Å². The van der Waals surface area contributed by atoms with Gasteiger partial charge in [-0.1, -0.05) is 23.7 Å². The van der Waals surface area contributed by atoms with Crippen LogP contribution in [0.2, 0.25) is 5.02 Å². The number of amides is 1. The molecule has 0 saturated carbocycles. The Labute approximate surface area is 195 Å². The molecular formula is C23H29ClN4O3S. The summed E-state index contributed by atoms with van der Waals surface area (Å²) in [4.78, 5) is 17.7. The number of piperazine rings is 1. The SMILES string of the molecule is CN1CCN(c2ccc(CNC(=O)[C@H]3CCCN3S(=O)(=O)c3ccc(Cl)cc3)cc2)CC1. The van der Waals surface area contributed by atoms with E-state index in [4.69, 9.17) is 11.6 Å². The summed E-state index contributed by atoms with van der Waals surface area (Å²) in [7, 11) is -1.62. The van der Waals surface area contributed by atoms with Crippen LogP contribution in [-0.2, 0) is 21.4 Å². The fourth-order valence-corrected chi connectivity index (χ4v) is 6.01. The molecule has 32 heavy (non-hydrogen) atoms. The second kappa shape index (κ2) is 9.79. The molecule has 9 heteroatoms. The highest BCUT2D eigenvalue weighted by Crippen LogP contribution is 2.27. The lowest BCUT2D eigenvalue weighted by molar-refractivity contribution is -0.124. The van der Waals surface area contributed by atoms with Gasteiger partial charge in [-0.3, -0.25) is 4.79 Å². The molecular weight excluding hydrogens is 448 g/mol. The van der Waals surface area contributed by atoms with Crippen molar-refractivity contribution in [3.63, 3.8) is 0 Å². The Morgan fingerprint density at radius 2 is 1.66 bits per heavy atom. The molecule has 172 valence electrons. The molecule has 4 rings (SSSR count).